The highest BCUT2D eigenvalue weighted by Crippen LogP contribution is 2.40. The van der Waals surface area contributed by atoms with Crippen LogP contribution in [0.15, 0.2) is 24.3 Å². The van der Waals surface area contributed by atoms with Crippen LogP contribution in [0.2, 0.25) is 18.1 Å². The van der Waals surface area contributed by atoms with Crippen LogP contribution in [-0.4, -0.2) is 65.3 Å². The predicted octanol–water partition coefficient (Wildman–Crippen LogP) is 3.77. The lowest BCUT2D eigenvalue weighted by Gasteiger charge is -2.41. The van der Waals surface area contributed by atoms with Crippen molar-refractivity contribution < 1.29 is 28.5 Å². The third kappa shape index (κ3) is 6.77. The quantitative estimate of drug-likeness (QED) is 0.312. The van der Waals surface area contributed by atoms with Gasteiger partial charge < -0.3 is 28.5 Å². The average molecular weight is 427 g/mol. The van der Waals surface area contributed by atoms with Gasteiger partial charge in [0.1, 0.15) is 24.1 Å². The van der Waals surface area contributed by atoms with Crippen LogP contribution in [-0.2, 0) is 25.2 Å². The topological polar surface area (TPSA) is 69.7 Å². The molecule has 0 amide bonds. The minimum Gasteiger partial charge on any atom is -0.497 e. The third-order valence-electron chi connectivity index (χ3n) is 5.99. The van der Waals surface area contributed by atoms with Gasteiger partial charge in [0, 0.05) is 13.7 Å². The van der Waals surface area contributed by atoms with E-state index in [1.165, 1.54) is 0 Å². The maximum absolute atomic E-state index is 9.40. The van der Waals surface area contributed by atoms with Crippen LogP contribution in [0.1, 0.15) is 32.8 Å². The van der Waals surface area contributed by atoms with E-state index >= 15 is 0 Å². The molecular formula is C22H38O6Si. The molecule has 0 aliphatic carbocycles. The number of hydrogen-bond donors (Lipinski definition) is 1. The van der Waals surface area contributed by atoms with Gasteiger partial charge in [-0.2, -0.15) is 0 Å². The summed E-state index contributed by atoms with van der Waals surface area (Å²) in [7, 11) is 1.34. The highest BCUT2D eigenvalue weighted by molar-refractivity contribution is 6.74. The average Bonchev–Trinajstić information content (AvgIpc) is 3.44. The summed E-state index contributed by atoms with van der Waals surface area (Å²) in [5.74, 6) is 0.836. The van der Waals surface area contributed by atoms with E-state index in [-0.39, 0.29) is 36.1 Å². The first-order valence-corrected chi connectivity index (χ1v) is 13.2. The van der Waals surface area contributed by atoms with Crippen LogP contribution in [0.4, 0.5) is 0 Å². The number of aliphatic hydroxyl groups excluding tert-OH is 1. The number of methoxy groups -OCH3 is 2. The summed E-state index contributed by atoms with van der Waals surface area (Å²) in [6.07, 6.45) is 0.0651. The number of benzene rings is 1. The van der Waals surface area contributed by atoms with Crippen molar-refractivity contribution in [2.75, 3.05) is 27.4 Å². The second kappa shape index (κ2) is 10.4. The first kappa shape index (κ1) is 24.3. The van der Waals surface area contributed by atoms with E-state index in [2.05, 4.69) is 33.9 Å². The predicted molar refractivity (Wildman–Crippen MR) is 116 cm³/mol. The third-order valence-corrected chi connectivity index (χ3v) is 10.5. The van der Waals surface area contributed by atoms with Gasteiger partial charge in [-0.1, -0.05) is 32.9 Å². The van der Waals surface area contributed by atoms with Crippen molar-refractivity contribution >= 4 is 8.32 Å². The second-order valence-electron chi connectivity index (χ2n) is 9.13. The van der Waals surface area contributed by atoms with Gasteiger partial charge in [0.15, 0.2) is 8.32 Å². The largest absolute Gasteiger partial charge is 0.497 e. The van der Waals surface area contributed by atoms with Crippen molar-refractivity contribution in [3.8, 4) is 5.75 Å². The van der Waals surface area contributed by atoms with E-state index in [1.54, 1.807) is 14.2 Å². The molecule has 1 N–H and O–H groups in total. The van der Waals surface area contributed by atoms with Gasteiger partial charge in [0.05, 0.1) is 26.4 Å². The summed E-state index contributed by atoms with van der Waals surface area (Å²) in [5, 5.41) is 9.49. The summed E-state index contributed by atoms with van der Waals surface area (Å²) in [6, 6.07) is 7.87. The van der Waals surface area contributed by atoms with Gasteiger partial charge in [-0.15, -0.1) is 0 Å². The molecule has 2 rings (SSSR count). The summed E-state index contributed by atoms with van der Waals surface area (Å²) < 4.78 is 29.2. The Morgan fingerprint density at radius 3 is 2.28 bits per heavy atom. The Morgan fingerprint density at radius 2 is 1.79 bits per heavy atom. The lowest BCUT2D eigenvalue weighted by molar-refractivity contribution is -0.0358. The van der Waals surface area contributed by atoms with Gasteiger partial charge in [-0.05, 0) is 42.2 Å². The van der Waals surface area contributed by atoms with Gasteiger partial charge in [-0.3, -0.25) is 0 Å². The molecular weight excluding hydrogens is 388 g/mol. The Balaban J connectivity index is 1.96. The molecule has 29 heavy (non-hydrogen) atoms. The molecule has 7 heteroatoms. The molecule has 1 heterocycles. The fourth-order valence-corrected chi connectivity index (χ4v) is 4.41. The molecule has 0 radical (unpaired) electrons. The lowest BCUT2D eigenvalue weighted by atomic mass is 10.1. The highest BCUT2D eigenvalue weighted by atomic mass is 28.4. The molecule has 1 aliphatic rings. The second-order valence-corrected chi connectivity index (χ2v) is 13.9. The summed E-state index contributed by atoms with van der Waals surface area (Å²) in [4.78, 5) is 0. The minimum atomic E-state index is -2.00. The normalized spacial score (nSPS) is 21.7. The van der Waals surface area contributed by atoms with Crippen molar-refractivity contribution in [1.82, 2.24) is 0 Å². The molecule has 1 saturated heterocycles. The van der Waals surface area contributed by atoms with Crippen LogP contribution < -0.4 is 4.74 Å². The molecule has 0 aromatic heterocycles. The van der Waals surface area contributed by atoms with Crippen LogP contribution >= 0.6 is 0 Å². The zero-order valence-electron chi connectivity index (χ0n) is 18.9. The molecule has 1 aromatic carbocycles. The van der Waals surface area contributed by atoms with Gasteiger partial charge >= 0.3 is 0 Å². The Labute approximate surface area is 176 Å². The van der Waals surface area contributed by atoms with E-state index in [9.17, 15) is 5.11 Å². The molecule has 1 fully saturated rings. The van der Waals surface area contributed by atoms with Crippen LogP contribution in [0.3, 0.4) is 0 Å². The number of hydrogen-bond acceptors (Lipinski definition) is 6. The molecule has 0 spiro atoms. The molecule has 0 saturated carbocycles. The summed E-state index contributed by atoms with van der Waals surface area (Å²) >= 11 is 0. The van der Waals surface area contributed by atoms with E-state index in [1.807, 2.05) is 24.3 Å². The Bertz CT molecular complexity index is 613. The lowest BCUT2D eigenvalue weighted by Crippen LogP contribution is -2.49. The van der Waals surface area contributed by atoms with E-state index in [0.29, 0.717) is 19.6 Å². The highest BCUT2D eigenvalue weighted by Gasteiger charge is 2.50. The van der Waals surface area contributed by atoms with Crippen LogP contribution in [0.5, 0.6) is 5.75 Å². The smallest absolute Gasteiger partial charge is 0.192 e. The standard InChI is InChI=1S/C22H38O6Si/c1-22(2,3)29(6,7)28-18(20(25-5)21-19(14-23)27-21)12-13-26-15-16-8-10-17(24-4)11-9-16/h8-11,18-21,23H,12-15H2,1-7H3/t18-,19?,20-,21?/m0/s1. The van der Waals surface area contributed by atoms with E-state index < -0.39 is 8.32 Å². The molecule has 2 unspecified atom stereocenters. The fraction of sp³-hybridized carbons (Fsp3) is 0.727. The van der Waals surface area contributed by atoms with Crippen molar-refractivity contribution in [1.29, 1.82) is 0 Å². The maximum atomic E-state index is 9.40. The number of epoxide rings is 1. The van der Waals surface area contributed by atoms with Crippen LogP contribution in [0.25, 0.3) is 0 Å². The van der Waals surface area contributed by atoms with Crippen molar-refractivity contribution in [2.45, 2.75) is 76.3 Å². The first-order chi connectivity index (χ1) is 13.6. The Morgan fingerprint density at radius 1 is 1.14 bits per heavy atom. The van der Waals surface area contributed by atoms with Gasteiger partial charge in [-0.25, -0.2) is 0 Å². The Kier molecular flexibility index (Phi) is 8.69. The summed E-state index contributed by atoms with van der Waals surface area (Å²) in [6.45, 7) is 12.2. The molecule has 166 valence electrons. The molecule has 1 aliphatic heterocycles. The monoisotopic (exact) mass is 426 g/mol. The Hall–Kier alpha value is -0.963. The summed E-state index contributed by atoms with van der Waals surface area (Å²) in [5.41, 5.74) is 1.10. The fourth-order valence-electron chi connectivity index (χ4n) is 3.05. The number of ether oxygens (including phenoxy) is 4. The first-order valence-electron chi connectivity index (χ1n) is 10.3. The SMILES string of the molecule is COc1ccc(COCC[C@H](O[Si](C)(C)C(C)(C)C)[C@H](OC)C2OC2CO)cc1. The van der Waals surface area contributed by atoms with Gasteiger partial charge in [0.25, 0.3) is 0 Å². The van der Waals surface area contributed by atoms with Crippen molar-refractivity contribution in [3.63, 3.8) is 0 Å². The van der Waals surface area contributed by atoms with E-state index in [4.69, 9.17) is 23.4 Å². The van der Waals surface area contributed by atoms with Crippen molar-refractivity contribution in [3.05, 3.63) is 29.8 Å². The molecule has 4 atom stereocenters. The van der Waals surface area contributed by atoms with E-state index in [0.717, 1.165) is 11.3 Å². The van der Waals surface area contributed by atoms with Crippen molar-refractivity contribution in [2.24, 2.45) is 0 Å². The molecule has 6 nitrogen and oxygen atoms in total. The zero-order chi connectivity index (χ0) is 21.7. The molecule has 0 bridgehead atoms. The molecule has 1 aromatic rings. The maximum Gasteiger partial charge on any atom is 0.192 e. The zero-order valence-corrected chi connectivity index (χ0v) is 19.9. The van der Waals surface area contributed by atoms with Crippen LogP contribution in [0, 0.1) is 0 Å². The van der Waals surface area contributed by atoms with Gasteiger partial charge in [0.2, 0.25) is 0 Å². The number of rotatable bonds is 12. The minimum absolute atomic E-state index is 0.00527. The number of aliphatic hydroxyl groups is 1.